The zero-order valence-electron chi connectivity index (χ0n) is 8.14. The first-order chi connectivity index (χ1) is 5.83. The summed E-state index contributed by atoms with van der Waals surface area (Å²) < 4.78 is 0. The van der Waals surface area contributed by atoms with E-state index in [2.05, 4.69) is 37.4 Å². The summed E-state index contributed by atoms with van der Waals surface area (Å²) in [5.41, 5.74) is 1.45. The van der Waals surface area contributed by atoms with E-state index in [-0.39, 0.29) is 0 Å². The third kappa shape index (κ3) is 3.22. The molecule has 1 unspecified atom stereocenters. The number of rotatable bonds is 4. The number of allylic oxidation sites excluding steroid dienone is 2. The average molecular weight is 165 g/mol. The zero-order valence-corrected chi connectivity index (χ0v) is 8.14. The number of hydrogen-bond donors (Lipinski definition) is 1. The molecule has 1 atom stereocenters. The van der Waals surface area contributed by atoms with Gasteiger partial charge in [0.2, 0.25) is 0 Å². The van der Waals surface area contributed by atoms with Crippen LogP contribution >= 0.6 is 0 Å². The van der Waals surface area contributed by atoms with Crippen molar-refractivity contribution in [3.8, 4) is 0 Å². The van der Waals surface area contributed by atoms with Gasteiger partial charge >= 0.3 is 0 Å². The van der Waals surface area contributed by atoms with E-state index >= 15 is 0 Å². The predicted octanol–water partition coefficient (Wildman–Crippen LogP) is 2.51. The van der Waals surface area contributed by atoms with Crippen molar-refractivity contribution in [2.75, 3.05) is 13.1 Å². The second-order valence-corrected chi connectivity index (χ2v) is 3.53. The summed E-state index contributed by atoms with van der Waals surface area (Å²) in [6, 6.07) is 0. The summed E-state index contributed by atoms with van der Waals surface area (Å²) in [5.74, 6) is 0.736. The molecular weight excluding hydrogens is 146 g/mol. The Bertz CT molecular complexity index is 179. The van der Waals surface area contributed by atoms with E-state index in [1.165, 1.54) is 18.4 Å². The van der Waals surface area contributed by atoms with Crippen LogP contribution in [0.3, 0.4) is 0 Å². The molecular formula is C11H19N. The normalized spacial score (nSPS) is 22.5. The fraction of sp³-hybridized carbons (Fsp3) is 0.636. The summed E-state index contributed by atoms with van der Waals surface area (Å²) in [5, 5.41) is 3.40. The highest BCUT2D eigenvalue weighted by Gasteiger charge is 2.01. The number of nitrogens with one attached hydrogen (secondary N) is 1. The minimum atomic E-state index is 0.736. The van der Waals surface area contributed by atoms with Crippen LogP contribution in [0.4, 0.5) is 0 Å². The maximum absolute atomic E-state index is 3.40. The highest BCUT2D eigenvalue weighted by molar-refractivity contribution is 5.24. The Hall–Kier alpha value is -0.560. The standard InChI is InChI=1S/C11H19N/c1-3-8-12-9-11-6-4-10(2)5-7-11/h4,6-7,10,12H,3,5,8-9H2,1-2H3. The molecule has 1 heteroatoms. The van der Waals surface area contributed by atoms with Crippen molar-refractivity contribution in [1.82, 2.24) is 5.32 Å². The van der Waals surface area contributed by atoms with Crippen molar-refractivity contribution in [2.24, 2.45) is 5.92 Å². The lowest BCUT2D eigenvalue weighted by Gasteiger charge is -2.11. The molecule has 0 saturated heterocycles. The quantitative estimate of drug-likeness (QED) is 0.631. The molecule has 0 aromatic rings. The third-order valence-corrected chi connectivity index (χ3v) is 2.15. The smallest absolute Gasteiger partial charge is 0.0202 e. The van der Waals surface area contributed by atoms with Crippen LogP contribution in [0, 0.1) is 5.92 Å². The van der Waals surface area contributed by atoms with Gasteiger partial charge in [0.15, 0.2) is 0 Å². The highest BCUT2D eigenvalue weighted by Crippen LogP contribution is 2.14. The van der Waals surface area contributed by atoms with Gasteiger partial charge in [0.05, 0.1) is 0 Å². The van der Waals surface area contributed by atoms with Crippen LogP contribution < -0.4 is 5.32 Å². The van der Waals surface area contributed by atoms with Gasteiger partial charge in [-0.15, -0.1) is 0 Å². The van der Waals surface area contributed by atoms with E-state index in [0.29, 0.717) is 0 Å². The third-order valence-electron chi connectivity index (χ3n) is 2.15. The lowest BCUT2D eigenvalue weighted by atomic mass is 9.99. The summed E-state index contributed by atoms with van der Waals surface area (Å²) in [6.07, 6.45) is 9.31. The summed E-state index contributed by atoms with van der Waals surface area (Å²) in [6.45, 7) is 6.61. The fourth-order valence-corrected chi connectivity index (χ4v) is 1.31. The van der Waals surface area contributed by atoms with Gasteiger partial charge in [-0.3, -0.25) is 0 Å². The molecule has 0 radical (unpaired) electrons. The molecule has 1 nitrogen and oxygen atoms in total. The minimum absolute atomic E-state index is 0.736. The molecule has 1 aliphatic rings. The number of hydrogen-bond acceptors (Lipinski definition) is 1. The van der Waals surface area contributed by atoms with Gasteiger partial charge in [0, 0.05) is 6.54 Å². The molecule has 1 aliphatic carbocycles. The van der Waals surface area contributed by atoms with E-state index in [9.17, 15) is 0 Å². The fourth-order valence-electron chi connectivity index (χ4n) is 1.31. The molecule has 0 aromatic heterocycles. The Morgan fingerprint density at radius 3 is 3.00 bits per heavy atom. The van der Waals surface area contributed by atoms with Gasteiger partial charge < -0.3 is 5.32 Å². The van der Waals surface area contributed by atoms with E-state index in [1.54, 1.807) is 0 Å². The Kier molecular flexibility index (Phi) is 4.09. The molecule has 0 aliphatic heterocycles. The van der Waals surface area contributed by atoms with E-state index in [1.807, 2.05) is 0 Å². The SMILES string of the molecule is CCCNCC1=CCC(C)C=C1. The molecule has 0 aromatic carbocycles. The van der Waals surface area contributed by atoms with Crippen LogP contribution in [-0.4, -0.2) is 13.1 Å². The van der Waals surface area contributed by atoms with Crippen molar-refractivity contribution in [3.63, 3.8) is 0 Å². The largest absolute Gasteiger partial charge is 0.313 e. The second kappa shape index (κ2) is 5.15. The topological polar surface area (TPSA) is 12.0 Å². The maximum atomic E-state index is 3.40. The van der Waals surface area contributed by atoms with Crippen molar-refractivity contribution in [1.29, 1.82) is 0 Å². The average Bonchev–Trinajstić information content (AvgIpc) is 2.09. The summed E-state index contributed by atoms with van der Waals surface area (Å²) in [7, 11) is 0. The minimum Gasteiger partial charge on any atom is -0.313 e. The van der Waals surface area contributed by atoms with Gasteiger partial charge in [0.1, 0.15) is 0 Å². The van der Waals surface area contributed by atoms with Gasteiger partial charge in [0.25, 0.3) is 0 Å². The van der Waals surface area contributed by atoms with Crippen molar-refractivity contribution >= 4 is 0 Å². The van der Waals surface area contributed by atoms with Crippen molar-refractivity contribution < 1.29 is 0 Å². The zero-order chi connectivity index (χ0) is 8.81. The molecule has 0 heterocycles. The molecule has 12 heavy (non-hydrogen) atoms. The van der Waals surface area contributed by atoms with Gasteiger partial charge in [-0.25, -0.2) is 0 Å². The van der Waals surface area contributed by atoms with Crippen LogP contribution in [-0.2, 0) is 0 Å². The summed E-state index contributed by atoms with van der Waals surface area (Å²) >= 11 is 0. The first-order valence-electron chi connectivity index (χ1n) is 4.91. The second-order valence-electron chi connectivity index (χ2n) is 3.53. The first-order valence-corrected chi connectivity index (χ1v) is 4.91. The Morgan fingerprint density at radius 1 is 1.58 bits per heavy atom. The lowest BCUT2D eigenvalue weighted by Crippen LogP contribution is -2.18. The molecule has 1 rings (SSSR count). The van der Waals surface area contributed by atoms with Crippen LogP contribution in [0.2, 0.25) is 0 Å². The van der Waals surface area contributed by atoms with Crippen LogP contribution in [0.1, 0.15) is 26.7 Å². The summed E-state index contributed by atoms with van der Waals surface area (Å²) in [4.78, 5) is 0. The Morgan fingerprint density at radius 2 is 2.42 bits per heavy atom. The molecule has 68 valence electrons. The molecule has 0 amide bonds. The van der Waals surface area contributed by atoms with E-state index < -0.39 is 0 Å². The van der Waals surface area contributed by atoms with Crippen LogP contribution in [0.5, 0.6) is 0 Å². The van der Waals surface area contributed by atoms with E-state index in [0.717, 1.165) is 19.0 Å². The van der Waals surface area contributed by atoms with Crippen molar-refractivity contribution in [3.05, 3.63) is 23.8 Å². The van der Waals surface area contributed by atoms with Gasteiger partial charge in [-0.1, -0.05) is 32.1 Å². The highest BCUT2D eigenvalue weighted by atomic mass is 14.8. The Labute approximate surface area is 75.6 Å². The van der Waals surface area contributed by atoms with Gasteiger partial charge in [-0.05, 0) is 30.9 Å². The molecule has 0 spiro atoms. The monoisotopic (exact) mass is 165 g/mol. The molecule has 0 saturated carbocycles. The first kappa shape index (κ1) is 9.53. The Balaban J connectivity index is 2.21. The molecule has 0 bridgehead atoms. The maximum Gasteiger partial charge on any atom is 0.0202 e. The predicted molar refractivity (Wildman–Crippen MR) is 54.2 cm³/mol. The lowest BCUT2D eigenvalue weighted by molar-refractivity contribution is 0.694. The van der Waals surface area contributed by atoms with Crippen LogP contribution in [0.15, 0.2) is 23.8 Å². The van der Waals surface area contributed by atoms with Crippen LogP contribution in [0.25, 0.3) is 0 Å². The van der Waals surface area contributed by atoms with E-state index in [4.69, 9.17) is 0 Å². The van der Waals surface area contributed by atoms with Gasteiger partial charge in [-0.2, -0.15) is 0 Å². The molecule has 0 fully saturated rings. The molecule has 1 N–H and O–H groups in total. The van der Waals surface area contributed by atoms with Crippen molar-refractivity contribution in [2.45, 2.75) is 26.7 Å².